The molecule has 1 aliphatic rings. The first-order valence-corrected chi connectivity index (χ1v) is 5.72. The van der Waals surface area contributed by atoms with E-state index in [1.54, 1.807) is 7.11 Å². The van der Waals surface area contributed by atoms with Crippen molar-refractivity contribution in [2.75, 3.05) is 13.7 Å². The van der Waals surface area contributed by atoms with E-state index in [-0.39, 0.29) is 18.9 Å². The van der Waals surface area contributed by atoms with Crippen LogP contribution in [0.4, 0.5) is 0 Å². The fraction of sp³-hybridized carbons (Fsp3) is 0.385. The van der Waals surface area contributed by atoms with Crippen molar-refractivity contribution in [1.29, 1.82) is 0 Å². The highest BCUT2D eigenvalue weighted by molar-refractivity contribution is 5.85. The molecule has 1 aliphatic heterocycles. The van der Waals surface area contributed by atoms with Crippen LogP contribution in [0.15, 0.2) is 24.3 Å². The topological polar surface area (TPSA) is 69.7 Å². The van der Waals surface area contributed by atoms with E-state index in [1.165, 1.54) is 4.90 Å². The second-order valence-corrected chi connectivity index (χ2v) is 4.31. The summed E-state index contributed by atoms with van der Waals surface area (Å²) in [5.74, 6) is -1.32. The van der Waals surface area contributed by atoms with Crippen molar-refractivity contribution in [3.05, 3.63) is 29.8 Å². The van der Waals surface area contributed by atoms with Crippen LogP contribution in [0.25, 0.3) is 0 Å². The molecule has 96 valence electrons. The molecule has 0 N–H and O–H groups in total. The molecule has 1 amide bonds. The second kappa shape index (κ2) is 5.08. The molecule has 0 aromatic heterocycles. The van der Waals surface area contributed by atoms with Gasteiger partial charge in [0.25, 0.3) is 0 Å². The van der Waals surface area contributed by atoms with E-state index in [4.69, 9.17) is 4.74 Å². The lowest BCUT2D eigenvalue weighted by atomic mass is 10.1. The number of hydrogen-bond acceptors (Lipinski definition) is 4. The van der Waals surface area contributed by atoms with Crippen LogP contribution in [-0.2, 0) is 16.1 Å². The lowest BCUT2D eigenvalue weighted by molar-refractivity contribution is -0.311. The quantitative estimate of drug-likeness (QED) is 0.739. The molecule has 0 bridgehead atoms. The van der Waals surface area contributed by atoms with Crippen molar-refractivity contribution in [2.24, 2.45) is 5.92 Å². The predicted molar refractivity (Wildman–Crippen MR) is 61.5 cm³/mol. The van der Waals surface area contributed by atoms with Gasteiger partial charge in [0.1, 0.15) is 5.75 Å². The number of methoxy groups -OCH3 is 1. The number of carbonyl (C=O) groups excluding carboxylic acids is 2. The minimum absolute atomic E-state index is 0.0253. The molecule has 5 heteroatoms. The number of para-hydroxylation sites is 1. The van der Waals surface area contributed by atoms with E-state index in [0.29, 0.717) is 12.3 Å². The second-order valence-electron chi connectivity index (χ2n) is 4.31. The smallest absolute Gasteiger partial charge is 0.223 e. The highest BCUT2D eigenvalue weighted by Gasteiger charge is 2.30. The molecule has 1 heterocycles. The van der Waals surface area contributed by atoms with Gasteiger partial charge in [-0.2, -0.15) is 0 Å². The summed E-state index contributed by atoms with van der Waals surface area (Å²) in [6, 6.07) is 7.37. The fourth-order valence-corrected chi connectivity index (χ4v) is 2.12. The average Bonchev–Trinajstić information content (AvgIpc) is 2.72. The number of carbonyl (C=O) groups is 2. The molecule has 0 aliphatic carbocycles. The Morgan fingerprint density at radius 1 is 1.50 bits per heavy atom. The number of amides is 1. The number of aliphatic carboxylic acids is 1. The van der Waals surface area contributed by atoms with Gasteiger partial charge in [-0.15, -0.1) is 0 Å². The molecule has 1 aromatic rings. The summed E-state index contributed by atoms with van der Waals surface area (Å²) in [5.41, 5.74) is 0.868. The van der Waals surface area contributed by atoms with Crippen LogP contribution in [0, 0.1) is 5.92 Å². The maximum atomic E-state index is 11.7. The Kier molecular flexibility index (Phi) is 3.50. The first kappa shape index (κ1) is 12.4. The van der Waals surface area contributed by atoms with Gasteiger partial charge >= 0.3 is 0 Å². The minimum Gasteiger partial charge on any atom is -0.550 e. The third-order valence-corrected chi connectivity index (χ3v) is 3.10. The van der Waals surface area contributed by atoms with Crippen LogP contribution in [0.1, 0.15) is 12.0 Å². The molecule has 1 atom stereocenters. The van der Waals surface area contributed by atoms with Gasteiger partial charge in [-0.3, -0.25) is 4.79 Å². The van der Waals surface area contributed by atoms with Crippen LogP contribution >= 0.6 is 0 Å². The molecule has 5 nitrogen and oxygen atoms in total. The number of rotatable bonds is 4. The molecule has 2 rings (SSSR count). The molecule has 0 spiro atoms. The Bertz CT molecular complexity index is 472. The Balaban J connectivity index is 2.10. The number of ether oxygens (including phenoxy) is 1. The Morgan fingerprint density at radius 3 is 2.83 bits per heavy atom. The van der Waals surface area contributed by atoms with E-state index in [1.807, 2.05) is 24.3 Å². The zero-order chi connectivity index (χ0) is 13.1. The van der Waals surface area contributed by atoms with Crippen molar-refractivity contribution in [2.45, 2.75) is 13.0 Å². The van der Waals surface area contributed by atoms with E-state index in [0.717, 1.165) is 5.56 Å². The molecule has 1 fully saturated rings. The highest BCUT2D eigenvalue weighted by atomic mass is 16.5. The molecule has 18 heavy (non-hydrogen) atoms. The van der Waals surface area contributed by atoms with Gasteiger partial charge in [-0.05, 0) is 6.07 Å². The maximum Gasteiger partial charge on any atom is 0.223 e. The largest absolute Gasteiger partial charge is 0.550 e. The van der Waals surface area contributed by atoms with Crippen LogP contribution in [0.5, 0.6) is 5.75 Å². The Labute approximate surface area is 105 Å². The lowest BCUT2D eigenvalue weighted by Gasteiger charge is -2.18. The first-order valence-electron chi connectivity index (χ1n) is 5.72. The third-order valence-electron chi connectivity index (χ3n) is 3.10. The summed E-state index contributed by atoms with van der Waals surface area (Å²) in [6.07, 6.45) is 0.0253. The van der Waals surface area contributed by atoms with Crippen molar-refractivity contribution in [1.82, 2.24) is 4.90 Å². The summed E-state index contributed by atoms with van der Waals surface area (Å²) < 4.78 is 5.20. The van der Waals surface area contributed by atoms with Crippen molar-refractivity contribution < 1.29 is 19.4 Å². The van der Waals surface area contributed by atoms with E-state index in [9.17, 15) is 14.7 Å². The van der Waals surface area contributed by atoms with Gasteiger partial charge in [-0.1, -0.05) is 18.2 Å². The van der Waals surface area contributed by atoms with Crippen LogP contribution < -0.4 is 9.84 Å². The Morgan fingerprint density at radius 2 is 2.22 bits per heavy atom. The highest BCUT2D eigenvalue weighted by Crippen LogP contribution is 2.24. The van der Waals surface area contributed by atoms with Gasteiger partial charge in [-0.25, -0.2) is 0 Å². The van der Waals surface area contributed by atoms with Crippen molar-refractivity contribution in [3.8, 4) is 5.75 Å². The standard InChI is InChI=1S/C13H15NO4/c1-18-11-5-3-2-4-9(11)7-14-8-10(13(16)17)6-12(14)15/h2-5,10H,6-8H2,1H3,(H,16,17)/p-1/t10-/m0/s1. The number of hydrogen-bond donors (Lipinski definition) is 0. The van der Waals surface area contributed by atoms with Crippen LogP contribution in [0.3, 0.4) is 0 Å². The van der Waals surface area contributed by atoms with Gasteiger partial charge in [0.2, 0.25) is 5.91 Å². The number of nitrogens with zero attached hydrogens (tertiary/aromatic N) is 1. The molecular formula is C13H14NO4-. The van der Waals surface area contributed by atoms with Gasteiger partial charge in [0.05, 0.1) is 7.11 Å². The molecule has 1 saturated heterocycles. The predicted octanol–water partition coefficient (Wildman–Crippen LogP) is -0.206. The fourth-order valence-electron chi connectivity index (χ4n) is 2.12. The number of carboxylic acid groups (broad SMARTS) is 1. The van der Waals surface area contributed by atoms with Gasteiger partial charge < -0.3 is 19.5 Å². The summed E-state index contributed by atoms with van der Waals surface area (Å²) in [5, 5.41) is 10.8. The van der Waals surface area contributed by atoms with E-state index in [2.05, 4.69) is 0 Å². The molecule has 1 aromatic carbocycles. The summed E-state index contributed by atoms with van der Waals surface area (Å²) in [4.78, 5) is 24.0. The molecule has 0 unspecified atom stereocenters. The Hall–Kier alpha value is -2.04. The average molecular weight is 248 g/mol. The molecule has 0 saturated carbocycles. The van der Waals surface area contributed by atoms with Crippen molar-refractivity contribution >= 4 is 11.9 Å². The SMILES string of the molecule is COc1ccccc1CN1C[C@@H](C(=O)[O-])CC1=O. The summed E-state index contributed by atoms with van der Waals surface area (Å²) in [7, 11) is 1.56. The van der Waals surface area contributed by atoms with Crippen LogP contribution in [0.2, 0.25) is 0 Å². The number of benzene rings is 1. The monoisotopic (exact) mass is 248 g/mol. The first-order chi connectivity index (χ1) is 8.61. The number of likely N-dealkylation sites (tertiary alicyclic amines) is 1. The van der Waals surface area contributed by atoms with Gasteiger partial charge in [0.15, 0.2) is 0 Å². The minimum atomic E-state index is -1.16. The third kappa shape index (κ3) is 2.45. The van der Waals surface area contributed by atoms with E-state index >= 15 is 0 Å². The van der Waals surface area contributed by atoms with E-state index < -0.39 is 11.9 Å². The van der Waals surface area contributed by atoms with Crippen LogP contribution in [-0.4, -0.2) is 30.4 Å². The normalized spacial score (nSPS) is 19.1. The molecular weight excluding hydrogens is 234 g/mol. The maximum absolute atomic E-state index is 11.7. The summed E-state index contributed by atoms with van der Waals surface area (Å²) in [6.45, 7) is 0.575. The summed E-state index contributed by atoms with van der Waals surface area (Å²) >= 11 is 0. The number of carboxylic acids is 1. The zero-order valence-electron chi connectivity index (χ0n) is 10.1. The van der Waals surface area contributed by atoms with Gasteiger partial charge in [0, 0.05) is 37.0 Å². The van der Waals surface area contributed by atoms with Crippen molar-refractivity contribution in [3.63, 3.8) is 0 Å². The molecule has 0 radical (unpaired) electrons. The lowest BCUT2D eigenvalue weighted by Crippen LogP contribution is -2.33. The zero-order valence-corrected chi connectivity index (χ0v) is 10.1.